The topological polar surface area (TPSA) is 47.1 Å². The second-order valence-corrected chi connectivity index (χ2v) is 10.3. The van der Waals surface area contributed by atoms with E-state index in [1.54, 1.807) is 4.31 Å². The van der Waals surface area contributed by atoms with Crippen molar-refractivity contribution in [3.05, 3.63) is 0 Å². The van der Waals surface area contributed by atoms with Gasteiger partial charge in [0.25, 0.3) is 5.91 Å². The summed E-state index contributed by atoms with van der Waals surface area (Å²) in [4.78, 5) is 25.9. The Kier molecular flexibility index (Phi) is 5.92. The molecule has 0 aliphatic carbocycles. The lowest BCUT2D eigenvalue weighted by molar-refractivity contribution is -0.127. The highest BCUT2D eigenvalue weighted by atomic mass is 32.2. The lowest BCUT2D eigenvalue weighted by atomic mass is 10.0. The summed E-state index contributed by atoms with van der Waals surface area (Å²) in [7, 11) is 0. The first-order valence-electron chi connectivity index (χ1n) is 9.34. The molecule has 3 rings (SSSR count). The van der Waals surface area contributed by atoms with Crippen molar-refractivity contribution in [2.75, 3.05) is 26.2 Å². The minimum absolute atomic E-state index is 0.113. The van der Waals surface area contributed by atoms with E-state index in [1.165, 1.54) is 41.4 Å². The summed E-state index contributed by atoms with van der Waals surface area (Å²) in [5, 5.41) is 0. The maximum absolute atomic E-state index is 13.0. The second-order valence-electron chi connectivity index (χ2n) is 8.17. The van der Waals surface area contributed by atoms with Gasteiger partial charge in [0.05, 0.1) is 12.1 Å². The Bertz CT molecular complexity index is 531. The Morgan fingerprint density at radius 2 is 1.44 bits per heavy atom. The third-order valence-corrected chi connectivity index (χ3v) is 7.58. The molecule has 0 aromatic rings. The largest absolute Gasteiger partial charge is 0.350 e. The zero-order chi connectivity index (χ0) is 18.2. The smallest absolute Gasteiger partial charge is 0.271 e. The predicted octanol–water partition coefficient (Wildman–Crippen LogP) is 3.62. The molecule has 2 unspecified atom stereocenters. The Hall–Kier alpha value is -0.440. The van der Waals surface area contributed by atoms with Crippen LogP contribution >= 0.6 is 24.3 Å². The molecule has 3 fully saturated rings. The summed E-state index contributed by atoms with van der Waals surface area (Å²) in [6.07, 6.45) is 4.73. The molecule has 0 saturated carbocycles. The van der Waals surface area contributed by atoms with Gasteiger partial charge in [-0.05, 0) is 51.4 Å². The molecule has 2 atom stereocenters. The molecule has 0 spiro atoms. The van der Waals surface area contributed by atoms with Crippen molar-refractivity contribution in [2.24, 2.45) is 11.8 Å². The highest BCUT2D eigenvalue weighted by Gasteiger charge is 2.54. The maximum Gasteiger partial charge on any atom is 0.350 e. The first-order valence-corrected chi connectivity index (χ1v) is 10.8. The molecule has 0 aromatic carbocycles. The van der Waals surface area contributed by atoms with E-state index in [2.05, 4.69) is 22.5 Å². The van der Waals surface area contributed by atoms with Gasteiger partial charge in [0.2, 0.25) is 0 Å². The first kappa shape index (κ1) is 19.3. The third kappa shape index (κ3) is 4.12. The van der Waals surface area contributed by atoms with Crippen molar-refractivity contribution in [2.45, 2.75) is 58.9 Å². The normalized spacial score (nSPS) is 31.8. The molecule has 8 heteroatoms. The van der Waals surface area contributed by atoms with Crippen molar-refractivity contribution in [1.29, 1.82) is 0 Å². The summed E-state index contributed by atoms with van der Waals surface area (Å²) in [6.45, 7) is 12.0. The number of urea groups is 1. The maximum atomic E-state index is 13.0. The minimum Gasteiger partial charge on any atom is -0.271 e. The van der Waals surface area contributed by atoms with Crippen LogP contribution in [0, 0.1) is 11.8 Å². The van der Waals surface area contributed by atoms with E-state index < -0.39 is 5.54 Å². The van der Waals surface area contributed by atoms with Crippen LogP contribution in [0.1, 0.15) is 53.4 Å². The van der Waals surface area contributed by atoms with Crippen LogP contribution in [0.25, 0.3) is 0 Å². The van der Waals surface area contributed by atoms with Crippen LogP contribution in [0.2, 0.25) is 0 Å². The van der Waals surface area contributed by atoms with Crippen molar-refractivity contribution in [1.82, 2.24) is 17.2 Å². The molecule has 0 bridgehead atoms. The van der Waals surface area contributed by atoms with E-state index in [0.717, 1.165) is 39.0 Å². The highest BCUT2D eigenvalue weighted by Crippen LogP contribution is 2.40. The van der Waals surface area contributed by atoms with Crippen LogP contribution in [0.4, 0.5) is 4.79 Å². The average molecular weight is 387 g/mol. The Morgan fingerprint density at radius 3 is 1.96 bits per heavy atom. The number of hydrogen-bond acceptors (Lipinski definition) is 6. The van der Waals surface area contributed by atoms with Gasteiger partial charge in [0.15, 0.2) is 0 Å². The van der Waals surface area contributed by atoms with Crippen LogP contribution in [0.15, 0.2) is 0 Å². The third-order valence-electron chi connectivity index (χ3n) is 5.20. The zero-order valence-corrected chi connectivity index (χ0v) is 17.4. The van der Waals surface area contributed by atoms with E-state index in [0.29, 0.717) is 11.8 Å². The standard InChI is InChI=1S/C17H30N4O2S2/c1-13-7-5-9-18(11-13)24-20-15(22)17(3,4)21(16(20)23)25-19-10-6-8-14(2)12-19/h13-14H,5-12H2,1-4H3. The van der Waals surface area contributed by atoms with Gasteiger partial charge in [-0.1, -0.05) is 13.8 Å². The van der Waals surface area contributed by atoms with Gasteiger partial charge in [-0.2, -0.15) is 4.31 Å². The van der Waals surface area contributed by atoms with Gasteiger partial charge in [-0.15, -0.1) is 0 Å². The molecule has 25 heavy (non-hydrogen) atoms. The number of piperidine rings is 2. The van der Waals surface area contributed by atoms with Crippen molar-refractivity contribution in [3.63, 3.8) is 0 Å². The molecule has 3 amide bonds. The van der Waals surface area contributed by atoms with Crippen molar-refractivity contribution < 1.29 is 9.59 Å². The molecular weight excluding hydrogens is 356 g/mol. The number of nitrogens with zero attached hydrogens (tertiary/aromatic N) is 4. The van der Waals surface area contributed by atoms with E-state index >= 15 is 0 Å². The Balaban J connectivity index is 1.67. The van der Waals surface area contributed by atoms with Gasteiger partial charge in [0, 0.05) is 38.3 Å². The highest BCUT2D eigenvalue weighted by molar-refractivity contribution is 7.97. The summed E-state index contributed by atoms with van der Waals surface area (Å²) >= 11 is 2.75. The van der Waals surface area contributed by atoms with E-state index in [-0.39, 0.29) is 11.9 Å². The fraction of sp³-hybridized carbons (Fsp3) is 0.882. The molecule has 3 saturated heterocycles. The van der Waals surface area contributed by atoms with Gasteiger partial charge >= 0.3 is 6.03 Å². The van der Waals surface area contributed by atoms with Crippen LogP contribution in [-0.2, 0) is 4.79 Å². The summed E-state index contributed by atoms with van der Waals surface area (Å²) in [6, 6.07) is -0.193. The van der Waals surface area contributed by atoms with Crippen LogP contribution in [0.3, 0.4) is 0 Å². The van der Waals surface area contributed by atoms with Gasteiger partial charge in [-0.25, -0.2) is 17.7 Å². The van der Waals surface area contributed by atoms with E-state index in [9.17, 15) is 9.59 Å². The monoisotopic (exact) mass is 386 g/mol. The Morgan fingerprint density at radius 1 is 0.920 bits per heavy atom. The lowest BCUT2D eigenvalue weighted by Gasteiger charge is -2.35. The first-order chi connectivity index (χ1) is 11.8. The number of imide groups is 1. The molecule has 6 nitrogen and oxygen atoms in total. The van der Waals surface area contributed by atoms with Crippen LogP contribution in [0.5, 0.6) is 0 Å². The van der Waals surface area contributed by atoms with Crippen LogP contribution < -0.4 is 0 Å². The van der Waals surface area contributed by atoms with Crippen molar-refractivity contribution >= 4 is 36.2 Å². The predicted molar refractivity (Wildman–Crippen MR) is 103 cm³/mol. The van der Waals surface area contributed by atoms with E-state index in [1.807, 2.05) is 13.8 Å². The lowest BCUT2D eigenvalue weighted by Crippen LogP contribution is -2.43. The molecule has 142 valence electrons. The fourth-order valence-electron chi connectivity index (χ4n) is 3.62. The summed E-state index contributed by atoms with van der Waals surface area (Å²) < 4.78 is 7.45. The number of carbonyl (C=O) groups excluding carboxylic acids is 2. The molecule has 3 aliphatic rings. The molecule has 0 N–H and O–H groups in total. The van der Waals surface area contributed by atoms with Gasteiger partial charge in [-0.3, -0.25) is 4.79 Å². The number of carbonyl (C=O) groups is 2. The molecule has 3 aliphatic heterocycles. The van der Waals surface area contributed by atoms with Crippen molar-refractivity contribution in [3.8, 4) is 0 Å². The molecule has 0 aromatic heterocycles. The summed E-state index contributed by atoms with van der Waals surface area (Å²) in [5.41, 5.74) is -0.809. The number of amides is 3. The average Bonchev–Trinajstić information content (AvgIpc) is 2.70. The second kappa shape index (κ2) is 7.66. The molecule has 0 radical (unpaired) electrons. The summed E-state index contributed by atoms with van der Waals surface area (Å²) in [5.74, 6) is 1.14. The minimum atomic E-state index is -0.809. The zero-order valence-electron chi connectivity index (χ0n) is 15.7. The quantitative estimate of drug-likeness (QED) is 0.543. The number of rotatable bonds is 4. The fourth-order valence-corrected chi connectivity index (χ4v) is 6.08. The SMILES string of the molecule is CC1CCCN(SN2C(=O)N(SN3CCCC(C)C3)C(C)(C)C2=O)C1. The molecule has 3 heterocycles. The number of hydrogen-bond donors (Lipinski definition) is 0. The molecular formula is C17H30N4O2S2. The van der Waals surface area contributed by atoms with Crippen LogP contribution in [-0.4, -0.2) is 60.9 Å². The van der Waals surface area contributed by atoms with Gasteiger partial charge in [0.1, 0.15) is 5.54 Å². The van der Waals surface area contributed by atoms with E-state index in [4.69, 9.17) is 0 Å². The van der Waals surface area contributed by atoms with Gasteiger partial charge < -0.3 is 0 Å². The Labute approximate surface area is 160 Å².